The van der Waals surface area contributed by atoms with Crippen molar-refractivity contribution in [2.45, 2.75) is 0 Å². The van der Waals surface area contributed by atoms with E-state index in [1.54, 1.807) is 18.3 Å². The number of rotatable bonds is 4. The summed E-state index contributed by atoms with van der Waals surface area (Å²) in [6.45, 7) is 0. The minimum absolute atomic E-state index is 0. The molecule has 0 bridgehead atoms. The average Bonchev–Trinajstić information content (AvgIpc) is 2.99. The van der Waals surface area contributed by atoms with Gasteiger partial charge in [-0.15, -0.1) is 71.8 Å². The summed E-state index contributed by atoms with van der Waals surface area (Å²) in [6, 6.07) is 46.7. The molecule has 3 heterocycles. The molecule has 0 saturated carbocycles. The van der Waals surface area contributed by atoms with Crippen molar-refractivity contribution in [1.82, 2.24) is 15.0 Å². The molecule has 0 spiro atoms. The van der Waals surface area contributed by atoms with E-state index in [4.69, 9.17) is 0 Å². The van der Waals surface area contributed by atoms with Crippen molar-refractivity contribution < 1.29 is 25.2 Å². The van der Waals surface area contributed by atoms with Crippen LogP contribution in [0.2, 0.25) is 0 Å². The van der Waals surface area contributed by atoms with Gasteiger partial charge in [-0.1, -0.05) is 42.5 Å². The summed E-state index contributed by atoms with van der Waals surface area (Å²) in [7, 11) is 0. The van der Waals surface area contributed by atoms with E-state index < -0.39 is 0 Å². The molecule has 187 valence electrons. The zero-order valence-corrected chi connectivity index (χ0v) is 22.7. The summed E-state index contributed by atoms with van der Waals surface area (Å²) < 4.78 is 0. The average molecular weight is 670 g/mol. The Bertz CT molecular complexity index is 1520. The Morgan fingerprint density at radius 3 is 1.58 bits per heavy atom. The van der Waals surface area contributed by atoms with Crippen LogP contribution in [0.25, 0.3) is 45.2 Å². The fourth-order valence-electron chi connectivity index (χ4n) is 3.77. The zero-order chi connectivity index (χ0) is 25.3. The minimum Gasteiger partial charge on any atom is -0.507 e. The number of pyridine rings is 3. The molecule has 0 saturated heterocycles. The number of para-hydroxylation sites is 1. The summed E-state index contributed by atoms with van der Waals surface area (Å²) in [5.41, 5.74) is 6.96. The predicted octanol–water partition coefficient (Wildman–Crippen LogP) is 7.53. The molecular weight excluding hydrogens is 647 g/mol. The molecule has 0 atom stereocenters. The van der Waals surface area contributed by atoms with Crippen molar-refractivity contribution in [3.63, 3.8) is 0 Å². The molecule has 0 aliphatic carbocycles. The number of hydrogen-bond donors (Lipinski definition) is 1. The molecule has 3 aromatic heterocycles. The molecule has 0 fully saturated rings. The Kier molecular flexibility index (Phi) is 9.25. The third-order valence-electron chi connectivity index (χ3n) is 5.58. The van der Waals surface area contributed by atoms with Crippen LogP contribution >= 0.6 is 0 Å². The number of aromatic hydroxyl groups is 1. The smallest absolute Gasteiger partial charge is 0.124 e. The molecule has 0 aliphatic heterocycles. The van der Waals surface area contributed by atoms with E-state index in [2.05, 4.69) is 27.1 Å². The van der Waals surface area contributed by atoms with E-state index >= 15 is 0 Å². The Morgan fingerprint density at radius 2 is 1.00 bits per heavy atom. The van der Waals surface area contributed by atoms with Gasteiger partial charge in [0.15, 0.2) is 0 Å². The molecule has 3 aromatic carbocycles. The van der Waals surface area contributed by atoms with E-state index in [0.717, 1.165) is 45.2 Å². The van der Waals surface area contributed by atoms with Crippen LogP contribution in [-0.2, 0) is 20.1 Å². The van der Waals surface area contributed by atoms with Crippen molar-refractivity contribution in [2.24, 2.45) is 0 Å². The molecule has 4 nitrogen and oxygen atoms in total. The van der Waals surface area contributed by atoms with Crippen LogP contribution < -0.4 is 0 Å². The molecule has 6 rings (SSSR count). The third kappa shape index (κ3) is 6.65. The second-order valence-corrected chi connectivity index (χ2v) is 8.10. The quantitative estimate of drug-likeness (QED) is 0.197. The number of aromatic nitrogens is 3. The van der Waals surface area contributed by atoms with E-state index in [9.17, 15) is 5.11 Å². The van der Waals surface area contributed by atoms with Gasteiger partial charge in [0, 0.05) is 31.9 Å². The summed E-state index contributed by atoms with van der Waals surface area (Å²) in [4.78, 5) is 13.5. The van der Waals surface area contributed by atoms with Crippen molar-refractivity contribution in [3.8, 4) is 50.9 Å². The standard InChI is InChI=1S/C17H11N.C16H12N2O.Ir/c1-3-8-14(9-4-1)16-12-7-13-17(18-16)15-10-5-2-6-11-15;19-16-10-2-1-6-12(16)13-8-5-9-15(18-13)14-7-3-4-11-17-14;/h1-8,10,12-13H;1-11,19H;/q-2;;. The van der Waals surface area contributed by atoms with Crippen LogP contribution in [0.5, 0.6) is 5.75 Å². The van der Waals surface area contributed by atoms with Crippen molar-refractivity contribution in [2.75, 3.05) is 0 Å². The maximum Gasteiger partial charge on any atom is 0.124 e. The molecule has 38 heavy (non-hydrogen) atoms. The molecule has 1 radical (unpaired) electrons. The Labute approximate surface area is 236 Å². The van der Waals surface area contributed by atoms with Crippen LogP contribution in [0.15, 0.2) is 134 Å². The van der Waals surface area contributed by atoms with Gasteiger partial charge in [-0.3, -0.25) is 4.98 Å². The van der Waals surface area contributed by atoms with Gasteiger partial charge in [0.05, 0.1) is 17.1 Å². The van der Waals surface area contributed by atoms with E-state index in [1.807, 2.05) is 115 Å². The van der Waals surface area contributed by atoms with Gasteiger partial charge in [0.1, 0.15) is 5.75 Å². The van der Waals surface area contributed by atoms with Crippen LogP contribution in [0.4, 0.5) is 0 Å². The summed E-state index contributed by atoms with van der Waals surface area (Å²) >= 11 is 0. The number of hydrogen-bond acceptors (Lipinski definition) is 4. The van der Waals surface area contributed by atoms with Crippen molar-refractivity contribution >= 4 is 0 Å². The van der Waals surface area contributed by atoms with E-state index in [-0.39, 0.29) is 25.9 Å². The van der Waals surface area contributed by atoms with Crippen molar-refractivity contribution in [1.29, 1.82) is 0 Å². The topological polar surface area (TPSA) is 58.9 Å². The maximum absolute atomic E-state index is 9.87. The second kappa shape index (κ2) is 13.2. The first-order valence-electron chi connectivity index (χ1n) is 11.9. The molecule has 5 heteroatoms. The summed E-state index contributed by atoms with van der Waals surface area (Å²) in [5, 5.41) is 9.87. The SMILES string of the molecule is Oc1ccccc1-c1cccc(-c2ccccn2)n1.[Ir].[c-]1ccccc1-c1cccc(-c2[c-]cccc2)n1. The second-order valence-electron chi connectivity index (χ2n) is 8.10. The predicted molar refractivity (Wildman–Crippen MR) is 147 cm³/mol. The maximum atomic E-state index is 9.87. The number of benzene rings is 3. The number of phenolic OH excluding ortho intramolecular Hbond substituents is 1. The van der Waals surface area contributed by atoms with Gasteiger partial charge in [-0.2, -0.15) is 0 Å². The summed E-state index contributed by atoms with van der Waals surface area (Å²) in [5.74, 6) is 0.230. The summed E-state index contributed by atoms with van der Waals surface area (Å²) in [6.07, 6.45) is 1.74. The van der Waals surface area contributed by atoms with Gasteiger partial charge in [0.25, 0.3) is 0 Å². The van der Waals surface area contributed by atoms with Crippen LogP contribution in [0, 0.1) is 12.1 Å². The van der Waals surface area contributed by atoms with Gasteiger partial charge < -0.3 is 10.1 Å². The van der Waals surface area contributed by atoms with Gasteiger partial charge in [-0.25, -0.2) is 4.98 Å². The minimum atomic E-state index is 0. The third-order valence-corrected chi connectivity index (χ3v) is 5.58. The molecule has 6 aromatic rings. The van der Waals surface area contributed by atoms with E-state index in [1.165, 1.54) is 0 Å². The molecule has 0 unspecified atom stereocenters. The Hall–Kier alpha value is -4.44. The van der Waals surface area contributed by atoms with Crippen LogP contribution in [-0.4, -0.2) is 20.1 Å². The first kappa shape index (κ1) is 26.6. The Balaban J connectivity index is 0.000000173. The monoisotopic (exact) mass is 670 g/mol. The van der Waals surface area contributed by atoms with Gasteiger partial charge in [-0.05, 0) is 47.8 Å². The fourth-order valence-corrected chi connectivity index (χ4v) is 3.77. The van der Waals surface area contributed by atoms with E-state index in [0.29, 0.717) is 0 Å². The Morgan fingerprint density at radius 1 is 0.474 bits per heavy atom. The number of nitrogens with zero attached hydrogens (tertiary/aromatic N) is 3. The normalized spacial score (nSPS) is 10.0. The van der Waals surface area contributed by atoms with Gasteiger partial charge >= 0.3 is 0 Å². The first-order chi connectivity index (χ1) is 18.3. The van der Waals surface area contributed by atoms with Crippen LogP contribution in [0.3, 0.4) is 0 Å². The zero-order valence-electron chi connectivity index (χ0n) is 20.3. The molecule has 0 amide bonds. The van der Waals surface area contributed by atoms with Gasteiger partial charge in [0.2, 0.25) is 0 Å². The number of phenols is 1. The fraction of sp³-hybridized carbons (Fsp3) is 0. The molecular formula is C33H23IrN3O-2. The molecule has 1 N–H and O–H groups in total. The largest absolute Gasteiger partial charge is 0.507 e. The van der Waals surface area contributed by atoms with Crippen molar-refractivity contribution in [3.05, 3.63) is 146 Å². The first-order valence-corrected chi connectivity index (χ1v) is 11.9. The van der Waals surface area contributed by atoms with Crippen LogP contribution in [0.1, 0.15) is 0 Å². The molecule has 0 aliphatic rings.